The molecule has 0 N–H and O–H groups in total. The SMILES string of the molecule is O=S(=O)(OCc1ccc(Cl)cc1Br)C(F)(F)F. The summed E-state index contributed by atoms with van der Waals surface area (Å²) in [5.41, 5.74) is -5.19. The van der Waals surface area contributed by atoms with Crippen LogP contribution in [0.2, 0.25) is 5.02 Å². The molecular weight excluding hydrogens is 349 g/mol. The van der Waals surface area contributed by atoms with Gasteiger partial charge in [0, 0.05) is 9.50 Å². The van der Waals surface area contributed by atoms with Gasteiger partial charge in [0.15, 0.2) is 0 Å². The van der Waals surface area contributed by atoms with Crippen LogP contribution in [-0.2, 0) is 20.9 Å². The molecule has 0 aliphatic carbocycles. The number of alkyl halides is 3. The summed E-state index contributed by atoms with van der Waals surface area (Å²) in [6, 6.07) is 4.18. The van der Waals surface area contributed by atoms with Crippen molar-refractivity contribution in [3.05, 3.63) is 33.3 Å². The van der Waals surface area contributed by atoms with Gasteiger partial charge in [-0.2, -0.15) is 21.6 Å². The fraction of sp³-hybridized carbons (Fsp3) is 0.250. The Balaban J connectivity index is 2.82. The van der Waals surface area contributed by atoms with Gasteiger partial charge in [0.2, 0.25) is 0 Å². The molecule has 0 aliphatic heterocycles. The lowest BCUT2D eigenvalue weighted by Gasteiger charge is -2.09. The minimum absolute atomic E-state index is 0.238. The second-order valence-electron chi connectivity index (χ2n) is 2.90. The van der Waals surface area contributed by atoms with Gasteiger partial charge in [0.05, 0.1) is 6.61 Å². The number of rotatable bonds is 3. The quantitative estimate of drug-likeness (QED) is 0.617. The Labute approximate surface area is 109 Å². The van der Waals surface area contributed by atoms with Gasteiger partial charge in [0.1, 0.15) is 0 Å². The smallest absolute Gasteiger partial charge is 0.258 e. The predicted molar refractivity (Wildman–Crippen MR) is 58.9 cm³/mol. The molecule has 0 aliphatic rings. The lowest BCUT2D eigenvalue weighted by atomic mass is 10.2. The van der Waals surface area contributed by atoms with Gasteiger partial charge in [0.25, 0.3) is 0 Å². The van der Waals surface area contributed by atoms with Crippen molar-refractivity contribution >= 4 is 37.6 Å². The van der Waals surface area contributed by atoms with Crippen molar-refractivity contribution in [1.29, 1.82) is 0 Å². The third-order valence-corrected chi connectivity index (χ3v) is 3.64. The summed E-state index contributed by atoms with van der Waals surface area (Å²) in [6.07, 6.45) is 0. The maximum Gasteiger partial charge on any atom is 0.523 e. The van der Waals surface area contributed by atoms with E-state index < -0.39 is 22.2 Å². The molecule has 17 heavy (non-hydrogen) atoms. The molecule has 0 aromatic heterocycles. The molecule has 96 valence electrons. The molecule has 0 bridgehead atoms. The van der Waals surface area contributed by atoms with Crippen molar-refractivity contribution in [3.8, 4) is 0 Å². The van der Waals surface area contributed by atoms with E-state index in [1.165, 1.54) is 18.2 Å². The van der Waals surface area contributed by atoms with Crippen LogP contribution >= 0.6 is 27.5 Å². The van der Waals surface area contributed by atoms with Crippen LogP contribution in [0, 0.1) is 0 Å². The van der Waals surface area contributed by atoms with Crippen LogP contribution in [0.3, 0.4) is 0 Å². The summed E-state index contributed by atoms with van der Waals surface area (Å²) in [6.45, 7) is -0.723. The van der Waals surface area contributed by atoms with Gasteiger partial charge >= 0.3 is 15.6 Å². The predicted octanol–water partition coefficient (Wildman–Crippen LogP) is 3.47. The average molecular weight is 354 g/mol. The Morgan fingerprint density at radius 1 is 1.35 bits per heavy atom. The minimum Gasteiger partial charge on any atom is -0.258 e. The van der Waals surface area contributed by atoms with Crippen molar-refractivity contribution in [3.63, 3.8) is 0 Å². The van der Waals surface area contributed by atoms with Crippen molar-refractivity contribution in [2.45, 2.75) is 12.1 Å². The summed E-state index contributed by atoms with van der Waals surface area (Å²) >= 11 is 8.64. The van der Waals surface area contributed by atoms with Gasteiger partial charge in [-0.1, -0.05) is 33.6 Å². The van der Waals surface area contributed by atoms with Gasteiger partial charge in [-0.3, -0.25) is 4.18 Å². The van der Waals surface area contributed by atoms with Crippen LogP contribution in [-0.4, -0.2) is 13.9 Å². The maximum absolute atomic E-state index is 12.0. The van der Waals surface area contributed by atoms with E-state index in [1.807, 2.05) is 0 Å². The summed E-state index contributed by atoms with van der Waals surface area (Å²) in [5, 5.41) is 0.360. The summed E-state index contributed by atoms with van der Waals surface area (Å²) in [7, 11) is -5.58. The van der Waals surface area contributed by atoms with E-state index in [1.54, 1.807) is 0 Å². The van der Waals surface area contributed by atoms with E-state index in [4.69, 9.17) is 11.6 Å². The molecule has 0 fully saturated rings. The van der Waals surface area contributed by atoms with Crippen molar-refractivity contribution in [1.82, 2.24) is 0 Å². The highest BCUT2D eigenvalue weighted by atomic mass is 79.9. The Hall–Kier alpha value is -0.310. The van der Waals surface area contributed by atoms with Crippen LogP contribution in [0.25, 0.3) is 0 Å². The summed E-state index contributed by atoms with van der Waals surface area (Å²) in [4.78, 5) is 0. The Kier molecular flexibility index (Phi) is 4.45. The largest absolute Gasteiger partial charge is 0.523 e. The van der Waals surface area contributed by atoms with Crippen LogP contribution < -0.4 is 0 Å². The molecule has 0 radical (unpaired) electrons. The van der Waals surface area contributed by atoms with Crippen molar-refractivity contribution < 1.29 is 25.8 Å². The third-order valence-electron chi connectivity index (χ3n) is 1.67. The molecule has 9 heteroatoms. The van der Waals surface area contributed by atoms with Crippen LogP contribution in [0.1, 0.15) is 5.56 Å². The zero-order valence-corrected chi connectivity index (χ0v) is 11.1. The molecular formula is C8H5BrClF3O3S. The molecule has 1 aromatic carbocycles. The van der Waals surface area contributed by atoms with E-state index >= 15 is 0 Å². The minimum atomic E-state index is -5.58. The van der Waals surface area contributed by atoms with Crippen molar-refractivity contribution in [2.75, 3.05) is 0 Å². The highest BCUT2D eigenvalue weighted by Crippen LogP contribution is 2.27. The standard InChI is InChI=1S/C8H5BrClF3O3S/c9-7-3-6(10)2-1-5(7)4-16-17(14,15)8(11,12)13/h1-3H,4H2. The number of hydrogen-bond acceptors (Lipinski definition) is 3. The Morgan fingerprint density at radius 2 is 1.94 bits per heavy atom. The molecule has 1 aromatic rings. The van der Waals surface area contributed by atoms with Gasteiger partial charge in [-0.15, -0.1) is 0 Å². The Morgan fingerprint density at radius 3 is 2.41 bits per heavy atom. The van der Waals surface area contributed by atoms with Crippen LogP contribution in [0.5, 0.6) is 0 Å². The topological polar surface area (TPSA) is 43.4 Å². The first-order chi connectivity index (χ1) is 7.63. The van der Waals surface area contributed by atoms with Crippen LogP contribution in [0.15, 0.2) is 22.7 Å². The highest BCUT2D eigenvalue weighted by Gasteiger charge is 2.47. The average Bonchev–Trinajstić information content (AvgIpc) is 2.14. The second kappa shape index (κ2) is 5.13. The molecule has 0 atom stereocenters. The fourth-order valence-electron chi connectivity index (χ4n) is 0.847. The van der Waals surface area contributed by atoms with E-state index in [0.29, 0.717) is 9.50 Å². The Bertz CT molecular complexity index is 515. The maximum atomic E-state index is 12.0. The van der Waals surface area contributed by atoms with Gasteiger partial charge in [-0.05, 0) is 17.7 Å². The highest BCUT2D eigenvalue weighted by molar-refractivity contribution is 9.10. The van der Waals surface area contributed by atoms with Gasteiger partial charge in [-0.25, -0.2) is 0 Å². The first-order valence-electron chi connectivity index (χ1n) is 4.03. The normalized spacial score (nSPS) is 12.8. The molecule has 1 rings (SSSR count). The van der Waals surface area contributed by atoms with E-state index in [2.05, 4.69) is 20.1 Å². The monoisotopic (exact) mass is 352 g/mol. The van der Waals surface area contributed by atoms with Gasteiger partial charge < -0.3 is 0 Å². The molecule has 0 unspecified atom stereocenters. The lowest BCUT2D eigenvalue weighted by molar-refractivity contribution is -0.0548. The molecule has 0 saturated carbocycles. The molecule has 0 amide bonds. The van der Waals surface area contributed by atoms with E-state index in [-0.39, 0.29) is 5.56 Å². The first kappa shape index (κ1) is 14.7. The van der Waals surface area contributed by atoms with Crippen LogP contribution in [0.4, 0.5) is 13.2 Å². The fourth-order valence-corrected chi connectivity index (χ4v) is 2.06. The van der Waals surface area contributed by atoms with E-state index in [9.17, 15) is 21.6 Å². The van der Waals surface area contributed by atoms with Crippen molar-refractivity contribution in [2.24, 2.45) is 0 Å². The summed E-state index contributed by atoms with van der Waals surface area (Å²) < 4.78 is 61.3. The molecule has 3 nitrogen and oxygen atoms in total. The number of benzene rings is 1. The van der Waals surface area contributed by atoms with E-state index in [0.717, 1.165) is 0 Å². The second-order valence-corrected chi connectivity index (χ2v) is 5.80. The lowest BCUT2D eigenvalue weighted by Crippen LogP contribution is -2.25. The number of halogens is 5. The zero-order valence-electron chi connectivity index (χ0n) is 7.96. The first-order valence-corrected chi connectivity index (χ1v) is 6.61. The number of hydrogen-bond donors (Lipinski definition) is 0. The third kappa shape index (κ3) is 3.84. The molecule has 0 heterocycles. The molecule has 0 saturated heterocycles. The molecule has 0 spiro atoms. The summed E-state index contributed by atoms with van der Waals surface area (Å²) in [5.74, 6) is 0. The zero-order chi connectivity index (χ0) is 13.3.